The largest absolute Gasteiger partial charge is 0.453 e. The minimum absolute atomic E-state index is 0.363. The second kappa shape index (κ2) is 4.92. The van der Waals surface area contributed by atoms with Crippen molar-refractivity contribution in [2.24, 2.45) is 0 Å². The molecule has 0 atom stereocenters. The number of thiocarbonyl (C=S) groups is 1. The molecule has 0 unspecified atom stereocenters. The Morgan fingerprint density at radius 2 is 1.92 bits per heavy atom. The Hall–Kier alpha value is -0.840. The van der Waals surface area contributed by atoms with Crippen LogP contribution in [-0.2, 0) is 4.74 Å². The normalized spacial score (nSPS) is 9.00. The number of methoxy groups -OCH3 is 1. The van der Waals surface area contributed by atoms with E-state index in [2.05, 4.69) is 4.74 Å². The number of nitrogens with zero attached hydrogens (tertiary/aromatic N) is 2. The highest BCUT2D eigenvalue weighted by molar-refractivity contribution is 7.80. The van der Waals surface area contributed by atoms with Crippen molar-refractivity contribution in [3.63, 3.8) is 0 Å². The molecule has 0 rings (SSSR count). The van der Waals surface area contributed by atoms with Gasteiger partial charge in [0.1, 0.15) is 0 Å². The minimum Gasteiger partial charge on any atom is -0.453 e. The van der Waals surface area contributed by atoms with E-state index in [9.17, 15) is 4.79 Å². The highest BCUT2D eigenvalue weighted by Gasteiger charge is 2.09. The van der Waals surface area contributed by atoms with Crippen LogP contribution < -0.4 is 0 Å². The molecule has 0 saturated heterocycles. The van der Waals surface area contributed by atoms with Gasteiger partial charge in [-0.2, -0.15) is 0 Å². The fraction of sp³-hybridized carbons (Fsp3) is 0.714. The van der Waals surface area contributed by atoms with Crippen molar-refractivity contribution in [1.29, 1.82) is 0 Å². The monoisotopic (exact) mass is 190 g/mol. The minimum atomic E-state index is -0.363. The Balaban J connectivity index is 3.91. The lowest BCUT2D eigenvalue weighted by molar-refractivity contribution is 0.121. The van der Waals surface area contributed by atoms with E-state index in [1.165, 1.54) is 12.0 Å². The summed E-state index contributed by atoms with van der Waals surface area (Å²) in [6, 6.07) is 0. The molecule has 0 bridgehead atoms. The van der Waals surface area contributed by atoms with Gasteiger partial charge in [-0.1, -0.05) is 12.2 Å². The van der Waals surface area contributed by atoms with Gasteiger partial charge in [0.2, 0.25) is 0 Å². The number of ether oxygens (including phenoxy) is 1. The Labute approximate surface area is 78.1 Å². The SMILES string of the molecule is COC(=O)N(C)CN(C)C(C)=S. The van der Waals surface area contributed by atoms with Crippen LogP contribution in [0.25, 0.3) is 0 Å². The first kappa shape index (κ1) is 11.2. The Kier molecular flexibility index (Phi) is 4.58. The smallest absolute Gasteiger partial charge is 0.410 e. The van der Waals surface area contributed by atoms with Gasteiger partial charge in [-0.3, -0.25) is 4.90 Å². The summed E-state index contributed by atoms with van der Waals surface area (Å²) in [6.07, 6.45) is -0.363. The van der Waals surface area contributed by atoms with Gasteiger partial charge in [-0.15, -0.1) is 0 Å². The number of carbonyl (C=O) groups is 1. The molecule has 5 heteroatoms. The van der Waals surface area contributed by atoms with E-state index in [-0.39, 0.29) is 6.09 Å². The zero-order chi connectivity index (χ0) is 9.72. The fourth-order valence-electron chi connectivity index (χ4n) is 0.631. The summed E-state index contributed by atoms with van der Waals surface area (Å²) in [5.41, 5.74) is 0. The van der Waals surface area contributed by atoms with E-state index >= 15 is 0 Å². The molecule has 12 heavy (non-hydrogen) atoms. The number of amides is 1. The lowest BCUT2D eigenvalue weighted by atomic mass is 10.6. The van der Waals surface area contributed by atoms with Crippen LogP contribution in [0.5, 0.6) is 0 Å². The molecule has 1 amide bonds. The number of hydrogen-bond acceptors (Lipinski definition) is 3. The Bertz CT molecular complexity index is 184. The molecular weight excluding hydrogens is 176 g/mol. The number of carbonyl (C=O) groups excluding carboxylic acids is 1. The average molecular weight is 190 g/mol. The van der Waals surface area contributed by atoms with Crippen LogP contribution >= 0.6 is 12.2 Å². The van der Waals surface area contributed by atoms with Crippen LogP contribution in [0.15, 0.2) is 0 Å². The summed E-state index contributed by atoms with van der Waals surface area (Å²) in [4.78, 5) is 14.9. The van der Waals surface area contributed by atoms with Gasteiger partial charge in [0, 0.05) is 14.1 Å². The molecule has 0 radical (unpaired) electrons. The predicted octanol–water partition coefficient (Wildman–Crippen LogP) is 0.921. The van der Waals surface area contributed by atoms with Crippen molar-refractivity contribution < 1.29 is 9.53 Å². The van der Waals surface area contributed by atoms with Crippen molar-refractivity contribution >= 4 is 23.3 Å². The van der Waals surface area contributed by atoms with Crippen LogP contribution in [0.2, 0.25) is 0 Å². The van der Waals surface area contributed by atoms with Gasteiger partial charge < -0.3 is 9.64 Å². The highest BCUT2D eigenvalue weighted by atomic mass is 32.1. The Morgan fingerprint density at radius 1 is 1.42 bits per heavy atom. The van der Waals surface area contributed by atoms with Gasteiger partial charge in [0.15, 0.2) is 0 Å². The number of hydrogen-bond donors (Lipinski definition) is 0. The van der Waals surface area contributed by atoms with Gasteiger partial charge in [-0.05, 0) is 6.92 Å². The second-order valence-electron chi connectivity index (χ2n) is 2.53. The molecule has 0 spiro atoms. The summed E-state index contributed by atoms with van der Waals surface area (Å²) >= 11 is 4.91. The van der Waals surface area contributed by atoms with E-state index < -0.39 is 0 Å². The maximum absolute atomic E-state index is 10.9. The first-order valence-electron chi connectivity index (χ1n) is 3.49. The molecule has 0 aromatic rings. The third-order valence-electron chi connectivity index (χ3n) is 1.45. The molecule has 0 N–H and O–H groups in total. The van der Waals surface area contributed by atoms with Gasteiger partial charge >= 0.3 is 6.09 Å². The van der Waals surface area contributed by atoms with Crippen molar-refractivity contribution in [1.82, 2.24) is 9.80 Å². The van der Waals surface area contributed by atoms with Gasteiger partial charge in [0.25, 0.3) is 0 Å². The molecule has 0 aromatic heterocycles. The zero-order valence-corrected chi connectivity index (χ0v) is 8.64. The van der Waals surface area contributed by atoms with Crippen LogP contribution in [0.1, 0.15) is 6.92 Å². The van der Waals surface area contributed by atoms with Crippen molar-refractivity contribution in [2.45, 2.75) is 6.92 Å². The van der Waals surface area contributed by atoms with Gasteiger partial charge in [-0.25, -0.2) is 4.79 Å². The van der Waals surface area contributed by atoms with Crippen LogP contribution in [0.3, 0.4) is 0 Å². The summed E-state index contributed by atoms with van der Waals surface area (Å²) < 4.78 is 4.51. The maximum atomic E-state index is 10.9. The van der Waals surface area contributed by atoms with E-state index in [0.29, 0.717) is 6.67 Å². The summed E-state index contributed by atoms with van der Waals surface area (Å²) in [5.74, 6) is 0. The Morgan fingerprint density at radius 3 is 2.25 bits per heavy atom. The van der Waals surface area contributed by atoms with Gasteiger partial charge in [0.05, 0.1) is 18.8 Å². The molecule has 0 aliphatic carbocycles. The topological polar surface area (TPSA) is 32.8 Å². The maximum Gasteiger partial charge on any atom is 0.410 e. The molecule has 0 heterocycles. The molecule has 0 fully saturated rings. The van der Waals surface area contributed by atoms with E-state index in [4.69, 9.17) is 12.2 Å². The first-order valence-corrected chi connectivity index (χ1v) is 3.90. The molecule has 0 aliphatic heterocycles. The lowest BCUT2D eigenvalue weighted by Gasteiger charge is -2.23. The molecule has 0 aliphatic rings. The van der Waals surface area contributed by atoms with Crippen LogP contribution in [0.4, 0.5) is 4.79 Å². The number of rotatable bonds is 2. The molecule has 4 nitrogen and oxygen atoms in total. The summed E-state index contributed by atoms with van der Waals surface area (Å²) in [6.45, 7) is 2.25. The van der Waals surface area contributed by atoms with Crippen molar-refractivity contribution in [3.05, 3.63) is 0 Å². The fourth-order valence-corrected chi connectivity index (χ4v) is 0.689. The highest BCUT2D eigenvalue weighted by Crippen LogP contribution is 1.93. The second-order valence-corrected chi connectivity index (χ2v) is 3.12. The molecular formula is C7H14N2O2S. The third-order valence-corrected chi connectivity index (χ3v) is 1.76. The van der Waals surface area contributed by atoms with E-state index in [1.54, 1.807) is 18.9 Å². The molecule has 0 saturated carbocycles. The van der Waals surface area contributed by atoms with E-state index in [0.717, 1.165) is 4.99 Å². The standard InChI is InChI=1S/C7H14N2O2S/c1-6(12)8(2)5-9(3)7(10)11-4/h5H2,1-4H3. The van der Waals surface area contributed by atoms with Crippen molar-refractivity contribution in [2.75, 3.05) is 27.9 Å². The third kappa shape index (κ3) is 3.52. The predicted molar refractivity (Wildman–Crippen MR) is 51.1 cm³/mol. The molecule has 0 aromatic carbocycles. The van der Waals surface area contributed by atoms with Crippen molar-refractivity contribution in [3.8, 4) is 0 Å². The van der Waals surface area contributed by atoms with Crippen LogP contribution in [0, 0.1) is 0 Å². The average Bonchev–Trinajstić information content (AvgIpc) is 2.02. The summed E-state index contributed by atoms with van der Waals surface area (Å²) in [7, 11) is 4.82. The first-order chi connectivity index (χ1) is 5.49. The summed E-state index contributed by atoms with van der Waals surface area (Å²) in [5, 5.41) is 0. The van der Waals surface area contributed by atoms with E-state index in [1.807, 2.05) is 7.05 Å². The lowest BCUT2D eigenvalue weighted by Crippen LogP contribution is -2.38. The van der Waals surface area contributed by atoms with Crippen LogP contribution in [-0.4, -0.2) is 48.8 Å². The zero-order valence-electron chi connectivity index (χ0n) is 7.83. The quantitative estimate of drug-likeness (QED) is 0.479. The molecule has 70 valence electrons.